The Bertz CT molecular complexity index is 564. The number of likely N-dealkylation sites (tertiary alicyclic amines) is 1. The molecule has 1 aromatic carbocycles. The lowest BCUT2D eigenvalue weighted by atomic mass is 10.0. The SMILES string of the molecule is C=CC(=O)N(CCN1CCOCC1)C1CCN(Cc2ccccc2)CC1. The first-order valence-corrected chi connectivity index (χ1v) is 9.75. The quantitative estimate of drug-likeness (QED) is 0.700. The number of amides is 1. The summed E-state index contributed by atoms with van der Waals surface area (Å²) in [6.45, 7) is 12.0. The number of benzene rings is 1. The lowest BCUT2D eigenvalue weighted by molar-refractivity contribution is -0.129. The third-order valence-corrected chi connectivity index (χ3v) is 5.47. The number of carbonyl (C=O) groups is 1. The van der Waals surface area contributed by atoms with Crippen molar-refractivity contribution in [3.8, 4) is 0 Å². The molecule has 2 aliphatic rings. The van der Waals surface area contributed by atoms with Crippen molar-refractivity contribution in [2.45, 2.75) is 25.4 Å². The van der Waals surface area contributed by atoms with Crippen molar-refractivity contribution in [2.75, 3.05) is 52.5 Å². The molecule has 2 heterocycles. The van der Waals surface area contributed by atoms with Gasteiger partial charge < -0.3 is 9.64 Å². The van der Waals surface area contributed by atoms with Gasteiger partial charge in [0.1, 0.15) is 0 Å². The van der Waals surface area contributed by atoms with Crippen LogP contribution in [0, 0.1) is 0 Å². The van der Waals surface area contributed by atoms with E-state index < -0.39 is 0 Å². The van der Waals surface area contributed by atoms with Crippen LogP contribution in [0.3, 0.4) is 0 Å². The van der Waals surface area contributed by atoms with Crippen LogP contribution in [0.15, 0.2) is 43.0 Å². The minimum Gasteiger partial charge on any atom is -0.379 e. The standard InChI is InChI=1S/C21H31N3O2/c1-2-21(25)24(13-12-22-14-16-26-17-15-22)20-8-10-23(11-9-20)18-19-6-4-3-5-7-19/h2-7,20H,1,8-18H2. The number of carbonyl (C=O) groups excluding carboxylic acids is 1. The summed E-state index contributed by atoms with van der Waals surface area (Å²) in [5.41, 5.74) is 1.36. The van der Waals surface area contributed by atoms with Crippen LogP contribution in [0.5, 0.6) is 0 Å². The molecule has 5 nitrogen and oxygen atoms in total. The Morgan fingerprint density at radius 1 is 1.12 bits per heavy atom. The smallest absolute Gasteiger partial charge is 0.246 e. The average Bonchev–Trinajstić information content (AvgIpc) is 2.70. The van der Waals surface area contributed by atoms with Crippen molar-refractivity contribution >= 4 is 5.91 Å². The summed E-state index contributed by atoms with van der Waals surface area (Å²) in [4.78, 5) is 19.3. The average molecular weight is 357 g/mol. The zero-order valence-corrected chi connectivity index (χ0v) is 15.7. The molecule has 2 aliphatic heterocycles. The highest BCUT2D eigenvalue weighted by molar-refractivity contribution is 5.87. The maximum Gasteiger partial charge on any atom is 0.246 e. The molecule has 26 heavy (non-hydrogen) atoms. The molecule has 0 atom stereocenters. The predicted octanol–water partition coefficient (Wildman–Crippen LogP) is 2.00. The van der Waals surface area contributed by atoms with Gasteiger partial charge in [-0.05, 0) is 24.5 Å². The summed E-state index contributed by atoms with van der Waals surface area (Å²) >= 11 is 0. The third kappa shape index (κ3) is 5.40. The summed E-state index contributed by atoms with van der Waals surface area (Å²) in [7, 11) is 0. The molecule has 0 bridgehead atoms. The number of nitrogens with zero attached hydrogens (tertiary/aromatic N) is 3. The van der Waals surface area contributed by atoms with Gasteiger partial charge in [-0.2, -0.15) is 0 Å². The Kier molecular flexibility index (Phi) is 7.23. The molecule has 0 spiro atoms. The monoisotopic (exact) mass is 357 g/mol. The van der Waals surface area contributed by atoms with Crippen molar-refractivity contribution in [3.63, 3.8) is 0 Å². The second-order valence-corrected chi connectivity index (χ2v) is 7.18. The minimum absolute atomic E-state index is 0.0692. The Labute approximate surface area is 157 Å². The molecule has 1 amide bonds. The van der Waals surface area contributed by atoms with E-state index in [1.807, 2.05) is 4.90 Å². The van der Waals surface area contributed by atoms with Crippen molar-refractivity contribution in [3.05, 3.63) is 48.6 Å². The van der Waals surface area contributed by atoms with Gasteiger partial charge in [0, 0.05) is 51.9 Å². The van der Waals surface area contributed by atoms with Gasteiger partial charge in [0.25, 0.3) is 0 Å². The van der Waals surface area contributed by atoms with Gasteiger partial charge >= 0.3 is 0 Å². The summed E-state index contributed by atoms with van der Waals surface area (Å²) in [6, 6.07) is 10.9. The number of piperidine rings is 1. The molecule has 0 aromatic heterocycles. The lowest BCUT2D eigenvalue weighted by Gasteiger charge is -2.39. The van der Waals surface area contributed by atoms with Gasteiger partial charge in [-0.25, -0.2) is 0 Å². The van der Waals surface area contributed by atoms with Crippen LogP contribution in [0.25, 0.3) is 0 Å². The maximum atomic E-state index is 12.4. The van der Waals surface area contributed by atoms with Crippen LogP contribution in [-0.2, 0) is 16.1 Å². The van der Waals surface area contributed by atoms with Gasteiger partial charge in [-0.15, -0.1) is 0 Å². The fourth-order valence-corrected chi connectivity index (χ4v) is 3.89. The van der Waals surface area contributed by atoms with Crippen molar-refractivity contribution in [1.29, 1.82) is 0 Å². The molecular formula is C21H31N3O2. The van der Waals surface area contributed by atoms with Crippen molar-refractivity contribution < 1.29 is 9.53 Å². The maximum absolute atomic E-state index is 12.4. The summed E-state index contributed by atoms with van der Waals surface area (Å²) < 4.78 is 5.41. The molecule has 0 N–H and O–H groups in total. The highest BCUT2D eigenvalue weighted by atomic mass is 16.5. The van der Waals surface area contributed by atoms with Gasteiger partial charge in [0.05, 0.1) is 13.2 Å². The fourth-order valence-electron chi connectivity index (χ4n) is 3.89. The molecule has 0 saturated carbocycles. The third-order valence-electron chi connectivity index (χ3n) is 5.47. The van der Waals surface area contributed by atoms with Crippen molar-refractivity contribution in [2.24, 2.45) is 0 Å². The van der Waals surface area contributed by atoms with E-state index in [0.717, 1.165) is 71.9 Å². The summed E-state index contributed by atoms with van der Waals surface area (Å²) in [5, 5.41) is 0. The van der Waals surface area contributed by atoms with E-state index >= 15 is 0 Å². The van der Waals surface area contributed by atoms with Crippen LogP contribution >= 0.6 is 0 Å². The first kappa shape index (κ1) is 19.1. The molecule has 0 aliphatic carbocycles. The van der Waals surface area contributed by atoms with Gasteiger partial charge in [-0.3, -0.25) is 14.6 Å². The first-order valence-electron chi connectivity index (χ1n) is 9.75. The highest BCUT2D eigenvalue weighted by Gasteiger charge is 2.27. The summed E-state index contributed by atoms with van der Waals surface area (Å²) in [6.07, 6.45) is 3.54. The Morgan fingerprint density at radius 2 is 1.81 bits per heavy atom. The first-order chi connectivity index (χ1) is 12.8. The largest absolute Gasteiger partial charge is 0.379 e. The molecule has 5 heteroatoms. The molecule has 2 saturated heterocycles. The van der Waals surface area contributed by atoms with Crippen LogP contribution in [0.4, 0.5) is 0 Å². The molecule has 2 fully saturated rings. The van der Waals surface area contributed by atoms with E-state index in [0.29, 0.717) is 6.04 Å². The van der Waals surface area contributed by atoms with Crippen LogP contribution in [0.2, 0.25) is 0 Å². The number of morpholine rings is 1. The van der Waals surface area contributed by atoms with E-state index in [1.54, 1.807) is 0 Å². The number of hydrogen-bond donors (Lipinski definition) is 0. The molecule has 0 radical (unpaired) electrons. The number of ether oxygens (including phenoxy) is 1. The van der Waals surface area contributed by atoms with Crippen LogP contribution in [0.1, 0.15) is 18.4 Å². The Hall–Kier alpha value is -1.69. The van der Waals surface area contributed by atoms with Crippen LogP contribution in [-0.4, -0.2) is 79.1 Å². The van der Waals surface area contributed by atoms with E-state index in [2.05, 4.69) is 46.7 Å². The lowest BCUT2D eigenvalue weighted by Crippen LogP contribution is -2.50. The van der Waals surface area contributed by atoms with Gasteiger partial charge in [-0.1, -0.05) is 36.9 Å². The molecule has 0 unspecified atom stereocenters. The highest BCUT2D eigenvalue weighted by Crippen LogP contribution is 2.19. The normalized spacial score (nSPS) is 20.0. The van der Waals surface area contributed by atoms with Gasteiger partial charge in [0.2, 0.25) is 5.91 Å². The Balaban J connectivity index is 1.49. The second kappa shape index (κ2) is 9.86. The Morgan fingerprint density at radius 3 is 2.46 bits per heavy atom. The topological polar surface area (TPSA) is 36.0 Å². The van der Waals surface area contributed by atoms with Crippen LogP contribution < -0.4 is 0 Å². The molecular weight excluding hydrogens is 326 g/mol. The molecule has 3 rings (SSSR count). The minimum atomic E-state index is 0.0692. The van der Waals surface area contributed by atoms with E-state index in [-0.39, 0.29) is 5.91 Å². The van der Waals surface area contributed by atoms with E-state index in [1.165, 1.54) is 11.6 Å². The second-order valence-electron chi connectivity index (χ2n) is 7.18. The molecule has 142 valence electrons. The number of rotatable bonds is 7. The number of hydrogen-bond acceptors (Lipinski definition) is 4. The van der Waals surface area contributed by atoms with Gasteiger partial charge in [0.15, 0.2) is 0 Å². The zero-order valence-electron chi connectivity index (χ0n) is 15.7. The molecule has 1 aromatic rings. The predicted molar refractivity (Wildman–Crippen MR) is 104 cm³/mol. The van der Waals surface area contributed by atoms with E-state index in [4.69, 9.17) is 4.74 Å². The zero-order chi connectivity index (χ0) is 18.2. The summed E-state index contributed by atoms with van der Waals surface area (Å²) in [5.74, 6) is 0.0692. The fraction of sp³-hybridized carbons (Fsp3) is 0.571. The van der Waals surface area contributed by atoms with E-state index in [9.17, 15) is 4.79 Å². The van der Waals surface area contributed by atoms with Crippen molar-refractivity contribution in [1.82, 2.24) is 14.7 Å².